The minimum absolute atomic E-state index is 0.103. The molecule has 9 heteroatoms. The number of esters is 3. The van der Waals surface area contributed by atoms with Crippen molar-refractivity contribution in [1.82, 2.24) is 0 Å². The lowest BCUT2D eigenvalue weighted by atomic mass is 10.0. The van der Waals surface area contributed by atoms with E-state index >= 15 is 0 Å². The lowest BCUT2D eigenvalue weighted by molar-refractivity contribution is -0.259. The molecule has 33 heavy (non-hydrogen) atoms. The molecule has 0 aliphatic carbocycles. The molecule has 176 valence electrons. The van der Waals surface area contributed by atoms with E-state index in [-0.39, 0.29) is 6.61 Å². The molecular formula is C24H25ClO8. The minimum Gasteiger partial charge on any atom is -0.461 e. The lowest BCUT2D eigenvalue weighted by Crippen LogP contribution is -2.59. The molecule has 1 aliphatic heterocycles. The van der Waals surface area contributed by atoms with E-state index in [9.17, 15) is 14.4 Å². The van der Waals surface area contributed by atoms with Gasteiger partial charge in [-0.3, -0.25) is 14.4 Å². The van der Waals surface area contributed by atoms with Crippen LogP contribution in [-0.4, -0.2) is 49.1 Å². The molecule has 1 fully saturated rings. The van der Waals surface area contributed by atoms with Crippen LogP contribution < -0.4 is 4.74 Å². The second kappa shape index (κ2) is 11.2. The highest BCUT2D eigenvalue weighted by Crippen LogP contribution is 2.27. The van der Waals surface area contributed by atoms with Gasteiger partial charge in [0.2, 0.25) is 12.4 Å². The maximum Gasteiger partial charge on any atom is 0.303 e. The molecule has 1 saturated heterocycles. The quantitative estimate of drug-likeness (QED) is 0.442. The van der Waals surface area contributed by atoms with E-state index in [0.717, 1.165) is 11.1 Å². The molecule has 2 aromatic carbocycles. The molecule has 8 nitrogen and oxygen atoms in total. The molecule has 3 rings (SSSR count). The van der Waals surface area contributed by atoms with Crippen molar-refractivity contribution in [3.63, 3.8) is 0 Å². The summed E-state index contributed by atoms with van der Waals surface area (Å²) < 4.78 is 27.4. The normalized spacial score (nSPS) is 22.2. The van der Waals surface area contributed by atoms with Crippen LogP contribution in [0.4, 0.5) is 0 Å². The Morgan fingerprint density at radius 2 is 1.33 bits per heavy atom. The summed E-state index contributed by atoms with van der Waals surface area (Å²) in [4.78, 5) is 34.8. The molecule has 0 saturated carbocycles. The van der Waals surface area contributed by atoms with Gasteiger partial charge >= 0.3 is 17.9 Å². The van der Waals surface area contributed by atoms with Crippen molar-refractivity contribution >= 4 is 29.5 Å². The van der Waals surface area contributed by atoms with Gasteiger partial charge in [0, 0.05) is 25.8 Å². The molecular weight excluding hydrogens is 452 g/mol. The fourth-order valence-corrected chi connectivity index (χ4v) is 3.59. The number of hydrogen-bond donors (Lipinski definition) is 0. The highest BCUT2D eigenvalue weighted by molar-refractivity contribution is 6.30. The Kier molecular flexibility index (Phi) is 8.30. The summed E-state index contributed by atoms with van der Waals surface area (Å²) in [6, 6.07) is 14.9. The minimum atomic E-state index is -1.14. The van der Waals surface area contributed by atoms with Crippen molar-refractivity contribution in [3.05, 3.63) is 64.7 Å². The Balaban J connectivity index is 1.74. The standard InChI is InChI=1S/C24H25ClO8/c1-14(26)30-21-13-29-24(23(32-16(3)28)22(21)31-15(2)27)33-20-10-6-18(7-11-20)12-17-4-8-19(25)9-5-17/h4-11,21-24H,12-13H2,1-3H3/t21-,22+,23-,24+/m1/s1. The molecule has 0 N–H and O–H groups in total. The second-order valence-corrected chi connectivity index (χ2v) is 8.00. The summed E-state index contributed by atoms with van der Waals surface area (Å²) in [5.74, 6) is -1.37. The van der Waals surface area contributed by atoms with Crippen LogP contribution in [-0.2, 0) is 39.8 Å². The van der Waals surface area contributed by atoms with Crippen molar-refractivity contribution in [2.24, 2.45) is 0 Å². The Morgan fingerprint density at radius 3 is 1.88 bits per heavy atom. The van der Waals surface area contributed by atoms with E-state index in [0.29, 0.717) is 17.2 Å². The number of halogens is 1. The molecule has 0 amide bonds. The van der Waals surface area contributed by atoms with E-state index in [1.807, 2.05) is 36.4 Å². The zero-order valence-corrected chi connectivity index (χ0v) is 19.2. The van der Waals surface area contributed by atoms with Gasteiger partial charge in [-0.1, -0.05) is 35.9 Å². The average molecular weight is 477 g/mol. The zero-order chi connectivity index (χ0) is 24.0. The number of carbonyl (C=O) groups excluding carboxylic acids is 3. The van der Waals surface area contributed by atoms with Crippen LogP contribution in [0.3, 0.4) is 0 Å². The van der Waals surface area contributed by atoms with Gasteiger partial charge in [0.25, 0.3) is 0 Å². The summed E-state index contributed by atoms with van der Waals surface area (Å²) in [6.07, 6.45) is -3.53. The average Bonchev–Trinajstić information content (AvgIpc) is 2.74. The molecule has 0 unspecified atom stereocenters. The summed E-state index contributed by atoms with van der Waals surface area (Å²) in [5.41, 5.74) is 2.16. The Hall–Kier alpha value is -3.10. The molecule has 4 atom stereocenters. The van der Waals surface area contributed by atoms with E-state index in [1.54, 1.807) is 12.1 Å². The number of benzene rings is 2. The van der Waals surface area contributed by atoms with Gasteiger partial charge in [0.1, 0.15) is 5.75 Å². The van der Waals surface area contributed by atoms with Gasteiger partial charge in [-0.25, -0.2) is 0 Å². The van der Waals surface area contributed by atoms with Crippen LogP contribution in [0.1, 0.15) is 31.9 Å². The summed E-state index contributed by atoms with van der Waals surface area (Å²) in [6.45, 7) is 3.54. The molecule has 0 aromatic heterocycles. The lowest BCUT2D eigenvalue weighted by Gasteiger charge is -2.40. The van der Waals surface area contributed by atoms with Crippen molar-refractivity contribution in [2.45, 2.75) is 51.8 Å². The number of carbonyl (C=O) groups is 3. The van der Waals surface area contributed by atoms with Crippen LogP contribution in [0.2, 0.25) is 5.02 Å². The Labute approximate surface area is 196 Å². The third kappa shape index (κ3) is 7.20. The van der Waals surface area contributed by atoms with Gasteiger partial charge in [-0.05, 0) is 41.8 Å². The molecule has 0 radical (unpaired) electrons. The third-order valence-electron chi connectivity index (χ3n) is 4.80. The van der Waals surface area contributed by atoms with Gasteiger partial charge in [-0.2, -0.15) is 0 Å². The van der Waals surface area contributed by atoms with Crippen LogP contribution in [0.25, 0.3) is 0 Å². The highest BCUT2D eigenvalue weighted by atomic mass is 35.5. The van der Waals surface area contributed by atoms with Crippen molar-refractivity contribution < 1.29 is 38.1 Å². The van der Waals surface area contributed by atoms with Crippen LogP contribution in [0.5, 0.6) is 5.75 Å². The predicted molar refractivity (Wildman–Crippen MR) is 118 cm³/mol. The Bertz CT molecular complexity index is 973. The van der Waals surface area contributed by atoms with E-state index in [2.05, 4.69) is 0 Å². The first-order valence-corrected chi connectivity index (χ1v) is 10.7. The maximum absolute atomic E-state index is 11.7. The van der Waals surface area contributed by atoms with E-state index < -0.39 is 42.5 Å². The molecule has 1 aliphatic rings. The predicted octanol–water partition coefficient (Wildman–Crippen LogP) is 3.46. The SMILES string of the molecule is CC(=O)O[C@@H]1[C@@H](OC(C)=O)[C@H](Oc2ccc(Cc3ccc(Cl)cc3)cc2)OC[C@H]1OC(C)=O. The first-order chi connectivity index (χ1) is 15.7. The summed E-state index contributed by atoms with van der Waals surface area (Å²) in [7, 11) is 0. The number of rotatable bonds is 7. The molecule has 0 spiro atoms. The summed E-state index contributed by atoms with van der Waals surface area (Å²) in [5, 5.41) is 0.681. The van der Waals surface area contributed by atoms with E-state index in [1.165, 1.54) is 20.8 Å². The highest BCUT2D eigenvalue weighted by Gasteiger charge is 2.48. The van der Waals surface area contributed by atoms with Crippen molar-refractivity contribution in [3.8, 4) is 5.75 Å². The van der Waals surface area contributed by atoms with Crippen molar-refractivity contribution in [2.75, 3.05) is 6.61 Å². The number of ether oxygens (including phenoxy) is 5. The van der Waals surface area contributed by atoms with Gasteiger partial charge in [0.15, 0.2) is 12.2 Å². The molecule has 1 heterocycles. The number of hydrogen-bond acceptors (Lipinski definition) is 8. The largest absolute Gasteiger partial charge is 0.461 e. The smallest absolute Gasteiger partial charge is 0.303 e. The van der Waals surface area contributed by atoms with Crippen LogP contribution in [0, 0.1) is 0 Å². The molecule has 2 aromatic rings. The topological polar surface area (TPSA) is 97.4 Å². The van der Waals surface area contributed by atoms with Gasteiger partial charge < -0.3 is 23.7 Å². The third-order valence-corrected chi connectivity index (χ3v) is 5.05. The maximum atomic E-state index is 11.7. The summed E-state index contributed by atoms with van der Waals surface area (Å²) >= 11 is 5.93. The first kappa shape index (κ1) is 24.5. The first-order valence-electron chi connectivity index (χ1n) is 10.3. The van der Waals surface area contributed by atoms with Crippen LogP contribution >= 0.6 is 11.6 Å². The monoisotopic (exact) mass is 476 g/mol. The fraction of sp³-hybridized carbons (Fsp3) is 0.375. The van der Waals surface area contributed by atoms with E-state index in [4.69, 9.17) is 35.3 Å². The van der Waals surface area contributed by atoms with Gasteiger partial charge in [0.05, 0.1) is 6.61 Å². The zero-order valence-electron chi connectivity index (χ0n) is 18.5. The van der Waals surface area contributed by atoms with Crippen molar-refractivity contribution in [1.29, 1.82) is 0 Å². The Morgan fingerprint density at radius 1 is 0.818 bits per heavy atom. The molecule has 0 bridgehead atoms. The van der Waals surface area contributed by atoms with Crippen LogP contribution in [0.15, 0.2) is 48.5 Å². The fourth-order valence-electron chi connectivity index (χ4n) is 3.47. The van der Waals surface area contributed by atoms with Gasteiger partial charge in [-0.15, -0.1) is 0 Å². The second-order valence-electron chi connectivity index (χ2n) is 7.56.